The first-order valence-corrected chi connectivity index (χ1v) is 6.78. The molecule has 0 amide bonds. The largest absolute Gasteiger partial charge is 0.346 e. The Hall–Kier alpha value is -2.24. The van der Waals surface area contributed by atoms with Crippen molar-refractivity contribution >= 4 is 11.0 Å². The lowest BCUT2D eigenvalue weighted by atomic mass is 10.0. The van der Waals surface area contributed by atoms with Crippen molar-refractivity contribution in [2.75, 3.05) is 6.54 Å². The first-order chi connectivity index (χ1) is 9.92. The van der Waals surface area contributed by atoms with Crippen LogP contribution in [0, 0.1) is 0 Å². The zero-order valence-corrected chi connectivity index (χ0v) is 10.9. The maximum atomic E-state index is 4.45. The van der Waals surface area contributed by atoms with Crippen LogP contribution in [-0.2, 0) is 0 Å². The van der Waals surface area contributed by atoms with Gasteiger partial charge in [-0.2, -0.15) is 0 Å². The number of rotatable bonds is 2. The summed E-state index contributed by atoms with van der Waals surface area (Å²) in [6.45, 7) is 1.00. The number of hydrogen-bond donors (Lipinski definition) is 3. The smallest absolute Gasteiger partial charge is 0.141 e. The molecule has 5 nitrogen and oxygen atoms in total. The van der Waals surface area contributed by atoms with Crippen LogP contribution in [0.5, 0.6) is 0 Å². The molecule has 1 saturated heterocycles. The predicted octanol–water partition coefficient (Wildman–Crippen LogP) is 2.16. The summed E-state index contributed by atoms with van der Waals surface area (Å²) in [5.41, 5.74) is 10.7. The van der Waals surface area contributed by atoms with Gasteiger partial charge in [0.2, 0.25) is 0 Å². The van der Waals surface area contributed by atoms with Crippen LogP contribution in [0.3, 0.4) is 0 Å². The average molecular weight is 265 g/mol. The number of aromatic amines is 1. The van der Waals surface area contributed by atoms with Crippen molar-refractivity contribution in [1.82, 2.24) is 25.8 Å². The minimum Gasteiger partial charge on any atom is -0.346 e. The molecule has 0 saturated carbocycles. The molecular weight excluding hydrogens is 250 g/mol. The Bertz CT molecular complexity index is 743. The molecule has 4 rings (SSSR count). The van der Waals surface area contributed by atoms with Gasteiger partial charge in [0.15, 0.2) is 0 Å². The molecule has 3 aromatic rings. The molecule has 0 bridgehead atoms. The summed E-state index contributed by atoms with van der Waals surface area (Å²) < 4.78 is 0. The Morgan fingerprint density at radius 1 is 1.15 bits per heavy atom. The minimum atomic E-state index is 0.374. The van der Waals surface area contributed by atoms with Gasteiger partial charge in [-0.15, -0.1) is 0 Å². The van der Waals surface area contributed by atoms with Crippen LogP contribution in [0.15, 0.2) is 42.9 Å². The van der Waals surface area contributed by atoms with Gasteiger partial charge in [-0.1, -0.05) is 18.2 Å². The SMILES string of the molecule is c1cc(-c2ncnc3[nH]ccc23)cc(C2CCNN2)c1. The van der Waals surface area contributed by atoms with E-state index in [-0.39, 0.29) is 0 Å². The van der Waals surface area contributed by atoms with Gasteiger partial charge in [0.1, 0.15) is 12.0 Å². The average Bonchev–Trinajstić information content (AvgIpc) is 3.18. The van der Waals surface area contributed by atoms with Crippen LogP contribution in [0.1, 0.15) is 18.0 Å². The van der Waals surface area contributed by atoms with Crippen LogP contribution in [-0.4, -0.2) is 21.5 Å². The fourth-order valence-electron chi connectivity index (χ4n) is 2.74. The third-order valence-electron chi connectivity index (χ3n) is 3.75. The lowest BCUT2D eigenvalue weighted by molar-refractivity contribution is 0.581. The van der Waals surface area contributed by atoms with Gasteiger partial charge in [0, 0.05) is 29.7 Å². The molecule has 3 N–H and O–H groups in total. The molecule has 3 heterocycles. The fraction of sp³-hybridized carbons (Fsp3) is 0.200. The molecule has 1 unspecified atom stereocenters. The second-order valence-corrected chi connectivity index (χ2v) is 5.00. The van der Waals surface area contributed by atoms with E-state index in [1.807, 2.05) is 12.3 Å². The highest BCUT2D eigenvalue weighted by atomic mass is 15.4. The van der Waals surface area contributed by atoms with Gasteiger partial charge in [0.25, 0.3) is 0 Å². The highest BCUT2D eigenvalue weighted by Gasteiger charge is 2.16. The number of fused-ring (bicyclic) bond motifs is 1. The van der Waals surface area contributed by atoms with E-state index in [2.05, 4.69) is 50.1 Å². The summed E-state index contributed by atoms with van der Waals surface area (Å²) in [5, 5.41) is 1.06. The van der Waals surface area contributed by atoms with E-state index >= 15 is 0 Å². The third-order valence-corrected chi connectivity index (χ3v) is 3.75. The van der Waals surface area contributed by atoms with Crippen molar-refractivity contribution < 1.29 is 0 Å². The molecule has 100 valence electrons. The van der Waals surface area contributed by atoms with Crippen molar-refractivity contribution in [2.24, 2.45) is 0 Å². The van der Waals surface area contributed by atoms with Crippen molar-refractivity contribution in [3.05, 3.63) is 48.4 Å². The normalized spacial score (nSPS) is 18.7. The Morgan fingerprint density at radius 2 is 2.15 bits per heavy atom. The van der Waals surface area contributed by atoms with Crippen molar-refractivity contribution in [1.29, 1.82) is 0 Å². The molecule has 0 spiro atoms. The van der Waals surface area contributed by atoms with E-state index in [1.54, 1.807) is 6.33 Å². The Kier molecular flexibility index (Phi) is 2.72. The fourth-order valence-corrected chi connectivity index (χ4v) is 2.74. The highest BCUT2D eigenvalue weighted by molar-refractivity contribution is 5.90. The summed E-state index contributed by atoms with van der Waals surface area (Å²) in [7, 11) is 0. The first-order valence-electron chi connectivity index (χ1n) is 6.78. The monoisotopic (exact) mass is 265 g/mol. The first kappa shape index (κ1) is 11.6. The van der Waals surface area contributed by atoms with Crippen molar-refractivity contribution in [2.45, 2.75) is 12.5 Å². The van der Waals surface area contributed by atoms with Crippen molar-refractivity contribution in [3.63, 3.8) is 0 Å². The van der Waals surface area contributed by atoms with Crippen molar-refractivity contribution in [3.8, 4) is 11.3 Å². The molecule has 1 aromatic carbocycles. The summed E-state index contributed by atoms with van der Waals surface area (Å²) in [6.07, 6.45) is 4.61. The second-order valence-electron chi connectivity index (χ2n) is 5.00. The molecule has 0 aliphatic carbocycles. The molecule has 1 aliphatic rings. The zero-order valence-electron chi connectivity index (χ0n) is 10.9. The molecule has 1 atom stereocenters. The number of H-pyrrole nitrogens is 1. The van der Waals surface area contributed by atoms with Crippen LogP contribution < -0.4 is 10.9 Å². The number of aromatic nitrogens is 3. The molecule has 1 fully saturated rings. The van der Waals surface area contributed by atoms with E-state index in [4.69, 9.17) is 0 Å². The summed E-state index contributed by atoms with van der Waals surface area (Å²) >= 11 is 0. The molecule has 20 heavy (non-hydrogen) atoms. The van der Waals surface area contributed by atoms with Gasteiger partial charge in [-0.25, -0.2) is 9.97 Å². The zero-order chi connectivity index (χ0) is 13.4. The van der Waals surface area contributed by atoms with Gasteiger partial charge >= 0.3 is 0 Å². The Balaban J connectivity index is 1.81. The molecule has 0 radical (unpaired) electrons. The quantitative estimate of drug-likeness (QED) is 0.664. The Labute approximate surface area is 116 Å². The predicted molar refractivity (Wildman–Crippen MR) is 77.8 cm³/mol. The topological polar surface area (TPSA) is 65.6 Å². The van der Waals surface area contributed by atoms with Gasteiger partial charge < -0.3 is 4.98 Å². The van der Waals surface area contributed by atoms with E-state index in [9.17, 15) is 0 Å². The van der Waals surface area contributed by atoms with E-state index in [1.165, 1.54) is 5.56 Å². The van der Waals surface area contributed by atoms with Crippen LogP contribution in [0.2, 0.25) is 0 Å². The minimum absolute atomic E-state index is 0.374. The molecular formula is C15H15N5. The summed E-state index contributed by atoms with van der Waals surface area (Å²) in [4.78, 5) is 11.8. The van der Waals surface area contributed by atoms with Gasteiger partial charge in [0.05, 0.1) is 5.69 Å². The number of nitrogens with zero attached hydrogens (tertiary/aromatic N) is 2. The maximum absolute atomic E-state index is 4.45. The van der Waals surface area contributed by atoms with Gasteiger partial charge in [-0.05, 0) is 24.1 Å². The summed E-state index contributed by atoms with van der Waals surface area (Å²) in [6, 6.07) is 10.9. The van der Waals surface area contributed by atoms with E-state index < -0.39 is 0 Å². The molecule has 2 aromatic heterocycles. The van der Waals surface area contributed by atoms with Gasteiger partial charge in [-0.3, -0.25) is 10.9 Å². The van der Waals surface area contributed by atoms with Crippen LogP contribution in [0.4, 0.5) is 0 Å². The lowest BCUT2D eigenvalue weighted by Crippen LogP contribution is -2.24. The molecule has 1 aliphatic heterocycles. The van der Waals surface area contributed by atoms with E-state index in [0.717, 1.165) is 35.3 Å². The highest BCUT2D eigenvalue weighted by Crippen LogP contribution is 2.28. The number of nitrogens with one attached hydrogen (secondary N) is 3. The third kappa shape index (κ3) is 1.88. The summed E-state index contributed by atoms with van der Waals surface area (Å²) in [5.74, 6) is 0. The Morgan fingerprint density at radius 3 is 3.05 bits per heavy atom. The number of benzene rings is 1. The second kappa shape index (κ2) is 4.70. The lowest BCUT2D eigenvalue weighted by Gasteiger charge is -2.11. The standard InChI is InChI=1S/C15H15N5/c1-2-10(13-5-7-19-20-13)8-11(3-1)14-12-4-6-16-15(12)18-9-17-14/h1-4,6,8-9,13,19-20H,5,7H2,(H,16,17,18). The number of hydrazine groups is 1. The van der Waals surface area contributed by atoms with Crippen LogP contribution in [0.25, 0.3) is 22.3 Å². The number of hydrogen-bond acceptors (Lipinski definition) is 4. The van der Waals surface area contributed by atoms with E-state index in [0.29, 0.717) is 6.04 Å². The maximum Gasteiger partial charge on any atom is 0.141 e. The molecule has 5 heteroatoms. The van der Waals surface area contributed by atoms with Crippen LogP contribution >= 0.6 is 0 Å².